The average Bonchev–Trinajstić information content (AvgIpc) is 2.42. The van der Waals surface area contributed by atoms with Crippen molar-refractivity contribution in [3.8, 4) is 0 Å². The van der Waals surface area contributed by atoms with Gasteiger partial charge in [0.2, 0.25) is 0 Å². The predicted molar refractivity (Wildman–Crippen MR) is 79.4 cm³/mol. The molecule has 1 fully saturated rings. The fourth-order valence-corrected chi connectivity index (χ4v) is 2.93. The quantitative estimate of drug-likeness (QED) is 0.611. The summed E-state index contributed by atoms with van der Waals surface area (Å²) in [6.07, 6.45) is 12.7. The summed E-state index contributed by atoms with van der Waals surface area (Å²) in [7, 11) is 0. The molecule has 0 aromatic carbocycles. The summed E-state index contributed by atoms with van der Waals surface area (Å²) >= 11 is 0. The van der Waals surface area contributed by atoms with E-state index >= 15 is 0 Å². The standard InChI is InChI=1S/C16H31NO2/c1-2-3-4-5-6-7-8-9-12-17-13-10-11-15(14-17)16(18)19/h15H,2-14H2,1H3,(H,18,19). The summed E-state index contributed by atoms with van der Waals surface area (Å²) in [5.41, 5.74) is 0. The zero-order valence-electron chi connectivity index (χ0n) is 12.6. The van der Waals surface area contributed by atoms with E-state index < -0.39 is 5.97 Å². The Morgan fingerprint density at radius 2 is 1.74 bits per heavy atom. The van der Waals surface area contributed by atoms with Gasteiger partial charge in [-0.15, -0.1) is 0 Å². The Labute approximate surface area is 118 Å². The molecule has 0 aliphatic carbocycles. The molecule has 0 amide bonds. The number of unbranched alkanes of at least 4 members (excludes halogenated alkanes) is 7. The molecular formula is C16H31NO2. The largest absolute Gasteiger partial charge is 0.481 e. The van der Waals surface area contributed by atoms with Crippen LogP contribution < -0.4 is 0 Å². The van der Waals surface area contributed by atoms with Crippen molar-refractivity contribution in [2.75, 3.05) is 19.6 Å². The summed E-state index contributed by atoms with van der Waals surface area (Å²) in [6.45, 7) is 5.22. The van der Waals surface area contributed by atoms with Gasteiger partial charge in [0.05, 0.1) is 5.92 Å². The van der Waals surface area contributed by atoms with Crippen LogP contribution in [0.25, 0.3) is 0 Å². The van der Waals surface area contributed by atoms with Gasteiger partial charge in [0.15, 0.2) is 0 Å². The first kappa shape index (κ1) is 16.5. The second-order valence-corrected chi connectivity index (χ2v) is 5.95. The van der Waals surface area contributed by atoms with E-state index in [-0.39, 0.29) is 5.92 Å². The van der Waals surface area contributed by atoms with Gasteiger partial charge >= 0.3 is 5.97 Å². The zero-order chi connectivity index (χ0) is 13.9. The molecule has 112 valence electrons. The Bertz CT molecular complexity index is 243. The van der Waals surface area contributed by atoms with Crippen LogP contribution in [0.5, 0.6) is 0 Å². The third-order valence-electron chi connectivity index (χ3n) is 4.18. The highest BCUT2D eigenvalue weighted by molar-refractivity contribution is 5.70. The lowest BCUT2D eigenvalue weighted by atomic mass is 9.98. The Kier molecular flexibility index (Phi) is 8.89. The summed E-state index contributed by atoms with van der Waals surface area (Å²) in [5.74, 6) is -0.733. The van der Waals surface area contributed by atoms with E-state index in [2.05, 4.69) is 11.8 Å². The number of hydrogen-bond acceptors (Lipinski definition) is 2. The minimum Gasteiger partial charge on any atom is -0.481 e. The monoisotopic (exact) mass is 269 g/mol. The lowest BCUT2D eigenvalue weighted by Gasteiger charge is -2.30. The summed E-state index contributed by atoms with van der Waals surface area (Å²) in [6, 6.07) is 0. The van der Waals surface area contributed by atoms with Gasteiger partial charge in [0.1, 0.15) is 0 Å². The molecule has 0 aromatic rings. The molecule has 0 aromatic heterocycles. The van der Waals surface area contributed by atoms with Crippen molar-refractivity contribution in [2.45, 2.75) is 71.1 Å². The lowest BCUT2D eigenvalue weighted by molar-refractivity contribution is -0.143. The van der Waals surface area contributed by atoms with Crippen molar-refractivity contribution >= 4 is 5.97 Å². The van der Waals surface area contributed by atoms with E-state index in [4.69, 9.17) is 5.11 Å². The van der Waals surface area contributed by atoms with Crippen LogP contribution in [0.1, 0.15) is 71.1 Å². The van der Waals surface area contributed by atoms with Crippen molar-refractivity contribution < 1.29 is 9.90 Å². The number of carbonyl (C=O) groups is 1. The van der Waals surface area contributed by atoms with Gasteiger partial charge in [-0.1, -0.05) is 51.9 Å². The molecule has 1 aliphatic rings. The maximum atomic E-state index is 11.0. The number of likely N-dealkylation sites (tertiary alicyclic amines) is 1. The zero-order valence-corrected chi connectivity index (χ0v) is 12.6. The van der Waals surface area contributed by atoms with Crippen molar-refractivity contribution in [3.05, 3.63) is 0 Å². The smallest absolute Gasteiger partial charge is 0.307 e. The molecule has 1 rings (SSSR count). The van der Waals surface area contributed by atoms with Crippen LogP contribution >= 0.6 is 0 Å². The molecule has 1 aliphatic heterocycles. The molecule has 1 unspecified atom stereocenters. The second-order valence-electron chi connectivity index (χ2n) is 5.95. The summed E-state index contributed by atoms with van der Waals surface area (Å²) in [4.78, 5) is 13.3. The fourth-order valence-electron chi connectivity index (χ4n) is 2.93. The average molecular weight is 269 g/mol. The topological polar surface area (TPSA) is 40.5 Å². The number of aliphatic carboxylic acids is 1. The van der Waals surface area contributed by atoms with Crippen molar-refractivity contribution in [3.63, 3.8) is 0 Å². The minimum atomic E-state index is -0.611. The Hall–Kier alpha value is -0.570. The van der Waals surface area contributed by atoms with Gasteiger partial charge in [-0.05, 0) is 32.4 Å². The van der Waals surface area contributed by atoms with Crippen molar-refractivity contribution in [1.82, 2.24) is 4.90 Å². The SMILES string of the molecule is CCCCCCCCCCN1CCCC(C(=O)O)C1. The number of carboxylic acids is 1. The second kappa shape index (κ2) is 10.2. The van der Waals surface area contributed by atoms with E-state index in [1.165, 1.54) is 51.4 Å². The highest BCUT2D eigenvalue weighted by Gasteiger charge is 2.24. The van der Waals surface area contributed by atoms with Crippen LogP contribution in [0.3, 0.4) is 0 Å². The number of carboxylic acid groups (broad SMARTS) is 1. The lowest BCUT2D eigenvalue weighted by Crippen LogP contribution is -2.39. The molecular weight excluding hydrogens is 238 g/mol. The number of piperidine rings is 1. The molecule has 0 spiro atoms. The molecule has 0 bridgehead atoms. The third kappa shape index (κ3) is 7.56. The van der Waals surface area contributed by atoms with E-state index in [0.717, 1.165) is 32.5 Å². The summed E-state index contributed by atoms with van der Waals surface area (Å²) in [5, 5.41) is 9.04. The molecule has 1 N–H and O–H groups in total. The first-order chi connectivity index (χ1) is 9.24. The predicted octanol–water partition coefficient (Wildman–Crippen LogP) is 3.92. The highest BCUT2D eigenvalue weighted by atomic mass is 16.4. The van der Waals surface area contributed by atoms with Gasteiger partial charge in [-0.25, -0.2) is 0 Å². The Morgan fingerprint density at radius 1 is 1.11 bits per heavy atom. The van der Waals surface area contributed by atoms with Crippen molar-refractivity contribution in [1.29, 1.82) is 0 Å². The van der Waals surface area contributed by atoms with E-state index in [1.54, 1.807) is 0 Å². The molecule has 0 saturated carbocycles. The summed E-state index contributed by atoms with van der Waals surface area (Å²) < 4.78 is 0. The van der Waals surface area contributed by atoms with E-state index in [9.17, 15) is 4.79 Å². The highest BCUT2D eigenvalue weighted by Crippen LogP contribution is 2.17. The first-order valence-corrected chi connectivity index (χ1v) is 8.19. The minimum absolute atomic E-state index is 0.122. The van der Waals surface area contributed by atoms with Crippen LogP contribution in [-0.2, 0) is 4.79 Å². The molecule has 0 radical (unpaired) electrons. The van der Waals surface area contributed by atoms with Gasteiger partial charge in [0, 0.05) is 6.54 Å². The molecule has 3 heteroatoms. The first-order valence-electron chi connectivity index (χ1n) is 8.19. The number of nitrogens with zero attached hydrogens (tertiary/aromatic N) is 1. The molecule has 1 atom stereocenters. The molecule has 3 nitrogen and oxygen atoms in total. The van der Waals surface area contributed by atoms with Crippen LogP contribution in [0.4, 0.5) is 0 Å². The van der Waals surface area contributed by atoms with Gasteiger partial charge in [0.25, 0.3) is 0 Å². The van der Waals surface area contributed by atoms with Crippen LogP contribution in [0.2, 0.25) is 0 Å². The number of hydrogen-bond donors (Lipinski definition) is 1. The normalized spacial score (nSPS) is 20.6. The van der Waals surface area contributed by atoms with Gasteiger partial charge < -0.3 is 10.0 Å². The number of rotatable bonds is 10. The molecule has 19 heavy (non-hydrogen) atoms. The fraction of sp³-hybridized carbons (Fsp3) is 0.938. The molecule has 1 saturated heterocycles. The van der Waals surface area contributed by atoms with E-state index in [1.807, 2.05) is 0 Å². The third-order valence-corrected chi connectivity index (χ3v) is 4.18. The van der Waals surface area contributed by atoms with Gasteiger partial charge in [-0.3, -0.25) is 4.79 Å². The molecule has 1 heterocycles. The van der Waals surface area contributed by atoms with Crippen LogP contribution in [-0.4, -0.2) is 35.6 Å². The van der Waals surface area contributed by atoms with Crippen LogP contribution in [0.15, 0.2) is 0 Å². The van der Waals surface area contributed by atoms with E-state index in [0.29, 0.717) is 0 Å². The maximum absolute atomic E-state index is 11.0. The maximum Gasteiger partial charge on any atom is 0.307 e. The Morgan fingerprint density at radius 3 is 2.37 bits per heavy atom. The Balaban J connectivity index is 1.95. The van der Waals surface area contributed by atoms with Crippen molar-refractivity contribution in [2.24, 2.45) is 5.92 Å². The van der Waals surface area contributed by atoms with Gasteiger partial charge in [-0.2, -0.15) is 0 Å². The van der Waals surface area contributed by atoms with Crippen LogP contribution in [0, 0.1) is 5.92 Å².